The molecule has 102 valence electrons. The lowest BCUT2D eigenvalue weighted by Gasteiger charge is -2.29. The molecule has 1 N–H and O–H groups in total. The molecule has 2 aliphatic rings. The number of rotatable bonds is 1. The summed E-state index contributed by atoms with van der Waals surface area (Å²) in [7, 11) is 0. The third kappa shape index (κ3) is 2.23. The van der Waals surface area contributed by atoms with E-state index in [1.54, 1.807) is 0 Å². The lowest BCUT2D eigenvalue weighted by molar-refractivity contribution is 0.687. The van der Waals surface area contributed by atoms with E-state index in [0.29, 0.717) is 17.4 Å². The van der Waals surface area contributed by atoms with Crippen LogP contribution in [0, 0.1) is 13.8 Å². The van der Waals surface area contributed by atoms with Gasteiger partial charge in [-0.1, -0.05) is 29.8 Å². The lowest BCUT2D eigenvalue weighted by atomic mass is 10.1. The number of allylic oxidation sites excluding steroid dienone is 2. The highest BCUT2D eigenvalue weighted by molar-refractivity contribution is 6.44. The average Bonchev–Trinajstić information content (AvgIpc) is 2.44. The Hall–Kier alpha value is -2.07. The van der Waals surface area contributed by atoms with Crippen LogP contribution in [0.15, 0.2) is 51.7 Å². The summed E-state index contributed by atoms with van der Waals surface area (Å²) in [5, 5.41) is 4.83. The number of hydrogen-bond acceptors (Lipinski definition) is 3. The smallest absolute Gasteiger partial charge is 0.176 e. The molecule has 0 saturated carbocycles. The molecular weight excluding hydrogens is 272 g/mol. The van der Waals surface area contributed by atoms with Crippen LogP contribution in [0.1, 0.15) is 11.1 Å². The van der Waals surface area contributed by atoms with Crippen molar-refractivity contribution in [2.45, 2.75) is 13.8 Å². The minimum absolute atomic E-state index is 0.575. The van der Waals surface area contributed by atoms with Gasteiger partial charge in [0, 0.05) is 6.20 Å². The number of amidine groups is 2. The second-order valence-corrected chi connectivity index (χ2v) is 5.17. The maximum Gasteiger partial charge on any atom is 0.176 e. The molecule has 0 atom stereocenters. The Morgan fingerprint density at radius 1 is 1.30 bits per heavy atom. The SMILES string of the molecule is Cc1cccc(C)c1N=C1CNN=C2C(Cl)=CC=CN12. The van der Waals surface area contributed by atoms with Crippen molar-refractivity contribution in [1.82, 2.24) is 10.3 Å². The molecule has 0 amide bonds. The maximum absolute atomic E-state index is 6.16. The monoisotopic (exact) mass is 286 g/mol. The molecule has 0 radical (unpaired) electrons. The molecule has 0 aliphatic carbocycles. The van der Waals surface area contributed by atoms with Crippen LogP contribution in [-0.2, 0) is 0 Å². The summed E-state index contributed by atoms with van der Waals surface area (Å²) in [4.78, 5) is 6.72. The number of hydrazone groups is 1. The third-order valence-corrected chi connectivity index (χ3v) is 3.60. The topological polar surface area (TPSA) is 40.0 Å². The normalized spacial score (nSPS) is 19.4. The van der Waals surface area contributed by atoms with Crippen LogP contribution in [0.2, 0.25) is 0 Å². The molecule has 0 bridgehead atoms. The summed E-state index contributed by atoms with van der Waals surface area (Å²) in [6, 6.07) is 6.17. The van der Waals surface area contributed by atoms with Crippen LogP contribution in [0.4, 0.5) is 5.69 Å². The van der Waals surface area contributed by atoms with Crippen LogP contribution in [0.25, 0.3) is 0 Å². The Kier molecular flexibility index (Phi) is 3.32. The van der Waals surface area contributed by atoms with Crippen LogP contribution >= 0.6 is 11.6 Å². The molecular formula is C15H15ClN4. The maximum atomic E-state index is 6.16. The van der Waals surface area contributed by atoms with E-state index < -0.39 is 0 Å². The molecule has 0 fully saturated rings. The van der Waals surface area contributed by atoms with E-state index >= 15 is 0 Å². The van der Waals surface area contributed by atoms with E-state index in [1.807, 2.05) is 29.3 Å². The molecule has 2 heterocycles. The zero-order valence-electron chi connectivity index (χ0n) is 11.4. The summed E-state index contributed by atoms with van der Waals surface area (Å²) in [6.07, 6.45) is 5.64. The Morgan fingerprint density at radius 2 is 2.05 bits per heavy atom. The molecule has 0 aromatic heterocycles. The first-order valence-electron chi connectivity index (χ1n) is 6.45. The van der Waals surface area contributed by atoms with Gasteiger partial charge in [0.15, 0.2) is 5.84 Å². The molecule has 1 aromatic rings. The lowest BCUT2D eigenvalue weighted by Crippen LogP contribution is -2.44. The van der Waals surface area contributed by atoms with Gasteiger partial charge < -0.3 is 5.43 Å². The zero-order valence-corrected chi connectivity index (χ0v) is 12.1. The first-order chi connectivity index (χ1) is 9.66. The number of nitrogens with zero attached hydrogens (tertiary/aromatic N) is 3. The van der Waals surface area contributed by atoms with Gasteiger partial charge in [0.05, 0.1) is 17.3 Å². The first-order valence-corrected chi connectivity index (χ1v) is 6.82. The molecule has 1 aromatic carbocycles. The van der Waals surface area contributed by atoms with Gasteiger partial charge in [-0.15, -0.1) is 0 Å². The molecule has 3 rings (SSSR count). The van der Waals surface area contributed by atoms with E-state index in [4.69, 9.17) is 16.6 Å². The van der Waals surface area contributed by atoms with Gasteiger partial charge in [-0.25, -0.2) is 4.99 Å². The van der Waals surface area contributed by atoms with Crippen molar-refractivity contribution in [2.24, 2.45) is 10.1 Å². The van der Waals surface area contributed by atoms with Gasteiger partial charge >= 0.3 is 0 Å². The van der Waals surface area contributed by atoms with E-state index in [1.165, 1.54) is 0 Å². The number of nitrogens with one attached hydrogen (secondary N) is 1. The summed E-state index contributed by atoms with van der Waals surface area (Å²) in [5.41, 5.74) is 6.30. The van der Waals surface area contributed by atoms with Crippen molar-refractivity contribution < 1.29 is 0 Å². The van der Waals surface area contributed by atoms with Crippen molar-refractivity contribution in [3.8, 4) is 0 Å². The van der Waals surface area contributed by atoms with E-state index in [-0.39, 0.29) is 0 Å². The highest BCUT2D eigenvalue weighted by Gasteiger charge is 2.24. The molecule has 4 nitrogen and oxygen atoms in total. The van der Waals surface area contributed by atoms with Crippen LogP contribution < -0.4 is 5.43 Å². The Bertz CT molecular complexity index is 650. The van der Waals surface area contributed by atoms with Gasteiger partial charge in [0.2, 0.25) is 0 Å². The first kappa shape index (κ1) is 12.9. The quantitative estimate of drug-likeness (QED) is 0.861. The summed E-state index contributed by atoms with van der Waals surface area (Å²) < 4.78 is 0. The number of aliphatic imine (C=N–C) groups is 1. The largest absolute Gasteiger partial charge is 0.300 e. The summed E-state index contributed by atoms with van der Waals surface area (Å²) in [6.45, 7) is 4.71. The Labute approximate surface area is 123 Å². The number of halogens is 1. The van der Waals surface area contributed by atoms with Crippen LogP contribution in [0.5, 0.6) is 0 Å². The minimum Gasteiger partial charge on any atom is -0.300 e. The van der Waals surface area contributed by atoms with Gasteiger partial charge in [0.25, 0.3) is 0 Å². The number of benzene rings is 1. The number of aryl methyl sites for hydroxylation is 2. The second-order valence-electron chi connectivity index (χ2n) is 4.76. The second kappa shape index (κ2) is 5.13. The highest BCUT2D eigenvalue weighted by atomic mass is 35.5. The van der Waals surface area contributed by atoms with Crippen LogP contribution in [-0.4, -0.2) is 23.1 Å². The molecule has 2 aliphatic heterocycles. The fourth-order valence-electron chi connectivity index (χ4n) is 2.26. The van der Waals surface area contributed by atoms with Gasteiger partial charge in [-0.3, -0.25) is 4.90 Å². The molecule has 5 heteroatoms. The molecule has 0 unspecified atom stereocenters. The predicted octanol–water partition coefficient (Wildman–Crippen LogP) is 3.20. The summed E-state index contributed by atoms with van der Waals surface area (Å²) in [5.74, 6) is 1.57. The Balaban J connectivity index is 2.03. The van der Waals surface area contributed by atoms with Gasteiger partial charge in [0.1, 0.15) is 5.84 Å². The minimum atomic E-state index is 0.575. The Morgan fingerprint density at radius 3 is 2.80 bits per heavy atom. The van der Waals surface area contributed by atoms with Crippen molar-refractivity contribution >= 4 is 29.0 Å². The zero-order chi connectivity index (χ0) is 14.1. The number of para-hydroxylation sites is 1. The van der Waals surface area contributed by atoms with E-state index in [2.05, 4.69) is 36.5 Å². The fraction of sp³-hybridized carbons (Fsp3) is 0.200. The van der Waals surface area contributed by atoms with Gasteiger partial charge in [-0.05, 0) is 37.1 Å². The van der Waals surface area contributed by atoms with E-state index in [0.717, 1.165) is 22.6 Å². The predicted molar refractivity (Wildman–Crippen MR) is 83.4 cm³/mol. The van der Waals surface area contributed by atoms with Crippen LogP contribution in [0.3, 0.4) is 0 Å². The highest BCUT2D eigenvalue weighted by Crippen LogP contribution is 2.25. The van der Waals surface area contributed by atoms with Crippen molar-refractivity contribution in [1.29, 1.82) is 0 Å². The van der Waals surface area contributed by atoms with E-state index in [9.17, 15) is 0 Å². The molecule has 20 heavy (non-hydrogen) atoms. The molecule has 0 saturated heterocycles. The van der Waals surface area contributed by atoms with Crippen molar-refractivity contribution in [3.63, 3.8) is 0 Å². The average molecular weight is 287 g/mol. The fourth-order valence-corrected chi connectivity index (χ4v) is 2.47. The van der Waals surface area contributed by atoms with Gasteiger partial charge in [-0.2, -0.15) is 5.10 Å². The molecule has 0 spiro atoms. The standard InChI is InChI=1S/C15H15ClN4/c1-10-5-3-6-11(2)14(10)18-13-9-17-19-15-12(16)7-4-8-20(13)15/h3-8,17H,9H2,1-2H3. The summed E-state index contributed by atoms with van der Waals surface area (Å²) >= 11 is 6.16. The number of fused-ring (bicyclic) bond motifs is 1. The third-order valence-electron chi connectivity index (χ3n) is 3.30. The number of hydrogen-bond donors (Lipinski definition) is 1. The van der Waals surface area contributed by atoms with Crippen molar-refractivity contribution in [3.05, 3.63) is 52.7 Å². The van der Waals surface area contributed by atoms with Crippen molar-refractivity contribution in [2.75, 3.05) is 6.54 Å².